The zero-order chi connectivity index (χ0) is 8.43. The third-order valence-corrected chi connectivity index (χ3v) is 1.45. The average molecular weight is 152 g/mol. The van der Waals surface area contributed by atoms with Crippen molar-refractivity contribution in [2.45, 2.75) is 26.8 Å². The van der Waals surface area contributed by atoms with E-state index in [-0.39, 0.29) is 11.6 Å². The number of aryl methyl sites for hydroxylation is 1. The van der Waals surface area contributed by atoms with Crippen LogP contribution in [0.4, 0.5) is 0 Å². The largest absolute Gasteiger partial charge is 0.268 e. The maximum atomic E-state index is 11.2. The Morgan fingerprint density at radius 1 is 1.55 bits per heavy atom. The van der Waals surface area contributed by atoms with Crippen molar-refractivity contribution in [3.05, 3.63) is 28.2 Å². The summed E-state index contributed by atoms with van der Waals surface area (Å²) in [5.74, 6) is 0. The second-order valence-electron chi connectivity index (χ2n) is 2.91. The molecule has 0 spiro atoms. The lowest BCUT2D eigenvalue weighted by Gasteiger charge is -2.06. The summed E-state index contributed by atoms with van der Waals surface area (Å²) in [7, 11) is 0. The molecule has 0 bridgehead atoms. The van der Waals surface area contributed by atoms with E-state index in [4.69, 9.17) is 0 Å². The van der Waals surface area contributed by atoms with Crippen LogP contribution in [0.1, 0.15) is 25.5 Å². The summed E-state index contributed by atoms with van der Waals surface area (Å²) in [5, 5.41) is 3.98. The molecule has 1 aromatic rings. The summed E-state index contributed by atoms with van der Waals surface area (Å²) >= 11 is 0. The van der Waals surface area contributed by atoms with Gasteiger partial charge in [0.2, 0.25) is 0 Å². The summed E-state index contributed by atoms with van der Waals surface area (Å²) in [6.45, 7) is 5.73. The molecule has 3 heteroatoms. The number of hydrogen-bond donors (Lipinski definition) is 0. The molecule has 60 valence electrons. The van der Waals surface area contributed by atoms with E-state index >= 15 is 0 Å². The minimum Gasteiger partial charge on any atom is -0.268 e. The van der Waals surface area contributed by atoms with Crippen LogP contribution < -0.4 is 5.56 Å². The summed E-state index contributed by atoms with van der Waals surface area (Å²) in [5.41, 5.74) is 0.881. The molecule has 0 fully saturated rings. The number of rotatable bonds is 1. The van der Waals surface area contributed by atoms with Crippen molar-refractivity contribution < 1.29 is 0 Å². The van der Waals surface area contributed by atoms with Crippen LogP contribution in [0.25, 0.3) is 0 Å². The van der Waals surface area contributed by atoms with E-state index in [1.165, 1.54) is 4.68 Å². The van der Waals surface area contributed by atoms with E-state index in [9.17, 15) is 4.79 Å². The standard InChI is InChI=1S/C8H12N2O/c1-6(2)10-8(11)4-7(3)5-9-10/h4-6H,1-3H3. The highest BCUT2D eigenvalue weighted by atomic mass is 16.1. The first kappa shape index (κ1) is 7.98. The number of aromatic nitrogens is 2. The molecule has 0 aliphatic carbocycles. The molecule has 0 unspecified atom stereocenters. The maximum Gasteiger partial charge on any atom is 0.267 e. The first-order valence-corrected chi connectivity index (χ1v) is 3.66. The van der Waals surface area contributed by atoms with E-state index in [0.29, 0.717) is 0 Å². The summed E-state index contributed by atoms with van der Waals surface area (Å²) in [6.07, 6.45) is 1.70. The van der Waals surface area contributed by atoms with E-state index in [1.807, 2.05) is 20.8 Å². The zero-order valence-corrected chi connectivity index (χ0v) is 7.03. The maximum absolute atomic E-state index is 11.2. The van der Waals surface area contributed by atoms with Gasteiger partial charge in [0.25, 0.3) is 5.56 Å². The third kappa shape index (κ3) is 1.67. The molecule has 0 radical (unpaired) electrons. The highest BCUT2D eigenvalue weighted by Gasteiger charge is 1.99. The predicted octanol–water partition coefficient (Wildman–Crippen LogP) is 1.13. The highest BCUT2D eigenvalue weighted by molar-refractivity contribution is 5.02. The second-order valence-corrected chi connectivity index (χ2v) is 2.91. The molecule has 0 aliphatic heterocycles. The van der Waals surface area contributed by atoms with E-state index < -0.39 is 0 Å². The van der Waals surface area contributed by atoms with Crippen molar-refractivity contribution in [1.82, 2.24) is 9.78 Å². The van der Waals surface area contributed by atoms with Gasteiger partial charge in [-0.1, -0.05) is 0 Å². The zero-order valence-electron chi connectivity index (χ0n) is 7.03. The Balaban J connectivity index is 3.21. The van der Waals surface area contributed by atoms with Gasteiger partial charge in [-0.15, -0.1) is 0 Å². The topological polar surface area (TPSA) is 34.9 Å². The van der Waals surface area contributed by atoms with Gasteiger partial charge in [0.1, 0.15) is 0 Å². The van der Waals surface area contributed by atoms with Gasteiger partial charge in [-0.25, -0.2) is 4.68 Å². The molecule has 11 heavy (non-hydrogen) atoms. The normalized spacial score (nSPS) is 10.5. The van der Waals surface area contributed by atoms with Crippen LogP contribution in [-0.4, -0.2) is 9.78 Å². The molecule has 0 saturated heterocycles. The van der Waals surface area contributed by atoms with Crippen LogP contribution in [-0.2, 0) is 0 Å². The van der Waals surface area contributed by atoms with Crippen molar-refractivity contribution in [2.24, 2.45) is 0 Å². The lowest BCUT2D eigenvalue weighted by atomic mass is 10.3. The number of nitrogens with zero attached hydrogens (tertiary/aromatic N) is 2. The molecule has 0 N–H and O–H groups in total. The Morgan fingerprint density at radius 3 is 2.64 bits per heavy atom. The molecule has 0 aliphatic rings. The average Bonchev–Trinajstić information content (AvgIpc) is 1.85. The minimum atomic E-state index is -0.0278. The molecule has 0 saturated carbocycles. The first-order chi connectivity index (χ1) is 5.11. The Morgan fingerprint density at radius 2 is 2.18 bits per heavy atom. The van der Waals surface area contributed by atoms with Gasteiger partial charge >= 0.3 is 0 Å². The Hall–Kier alpha value is -1.12. The molecule has 0 amide bonds. The van der Waals surface area contributed by atoms with Gasteiger partial charge in [0.05, 0.1) is 12.2 Å². The Bertz CT molecular complexity index is 301. The summed E-state index contributed by atoms with van der Waals surface area (Å²) in [6, 6.07) is 1.73. The van der Waals surface area contributed by atoms with Crippen LogP contribution >= 0.6 is 0 Å². The van der Waals surface area contributed by atoms with Crippen molar-refractivity contribution >= 4 is 0 Å². The van der Waals surface area contributed by atoms with E-state index in [2.05, 4.69) is 5.10 Å². The quantitative estimate of drug-likeness (QED) is 0.604. The fraction of sp³-hybridized carbons (Fsp3) is 0.500. The van der Waals surface area contributed by atoms with Crippen molar-refractivity contribution in [2.75, 3.05) is 0 Å². The van der Waals surface area contributed by atoms with Crippen molar-refractivity contribution in [3.8, 4) is 0 Å². The summed E-state index contributed by atoms with van der Waals surface area (Å²) in [4.78, 5) is 11.2. The molecule has 1 rings (SSSR count). The van der Waals surface area contributed by atoms with Crippen molar-refractivity contribution in [1.29, 1.82) is 0 Å². The molecule has 0 atom stereocenters. The summed E-state index contributed by atoms with van der Waals surface area (Å²) < 4.78 is 1.47. The highest BCUT2D eigenvalue weighted by Crippen LogP contribution is 1.96. The molecule has 1 heterocycles. The molecular formula is C8H12N2O. The molecule has 1 aromatic heterocycles. The smallest absolute Gasteiger partial charge is 0.267 e. The van der Waals surface area contributed by atoms with Gasteiger partial charge in [0.15, 0.2) is 0 Å². The second kappa shape index (κ2) is 2.86. The van der Waals surface area contributed by atoms with Crippen LogP contribution in [0.15, 0.2) is 17.1 Å². The Kier molecular flexibility index (Phi) is 2.08. The Labute approximate surface area is 65.7 Å². The fourth-order valence-corrected chi connectivity index (χ4v) is 0.896. The fourth-order valence-electron chi connectivity index (χ4n) is 0.896. The van der Waals surface area contributed by atoms with Gasteiger partial charge in [-0.3, -0.25) is 4.79 Å². The molecular weight excluding hydrogens is 140 g/mol. The van der Waals surface area contributed by atoms with E-state index in [1.54, 1.807) is 12.3 Å². The van der Waals surface area contributed by atoms with Gasteiger partial charge in [-0.2, -0.15) is 5.10 Å². The lowest BCUT2D eigenvalue weighted by Crippen LogP contribution is -2.23. The first-order valence-electron chi connectivity index (χ1n) is 3.66. The molecule has 0 aromatic carbocycles. The monoisotopic (exact) mass is 152 g/mol. The van der Waals surface area contributed by atoms with Gasteiger partial charge in [-0.05, 0) is 26.3 Å². The van der Waals surface area contributed by atoms with Crippen LogP contribution in [0.2, 0.25) is 0 Å². The predicted molar refractivity (Wildman–Crippen MR) is 43.6 cm³/mol. The molecule has 3 nitrogen and oxygen atoms in total. The van der Waals surface area contributed by atoms with Crippen LogP contribution in [0.5, 0.6) is 0 Å². The SMILES string of the molecule is Cc1cnn(C(C)C)c(=O)c1. The van der Waals surface area contributed by atoms with Gasteiger partial charge in [0, 0.05) is 6.07 Å². The number of hydrogen-bond acceptors (Lipinski definition) is 2. The minimum absolute atomic E-state index is 0.0278. The third-order valence-electron chi connectivity index (χ3n) is 1.45. The van der Waals surface area contributed by atoms with E-state index in [0.717, 1.165) is 5.56 Å². The van der Waals surface area contributed by atoms with Gasteiger partial charge < -0.3 is 0 Å². The van der Waals surface area contributed by atoms with Crippen LogP contribution in [0.3, 0.4) is 0 Å². The van der Waals surface area contributed by atoms with Crippen molar-refractivity contribution in [3.63, 3.8) is 0 Å². The van der Waals surface area contributed by atoms with Crippen LogP contribution in [0, 0.1) is 6.92 Å². The lowest BCUT2D eigenvalue weighted by molar-refractivity contribution is 0.501.